The molecule has 0 aliphatic heterocycles. The lowest BCUT2D eigenvalue weighted by molar-refractivity contribution is 0.152. The molecule has 2 fully saturated rings. The molecule has 2 heteroatoms. The van der Waals surface area contributed by atoms with Crippen LogP contribution < -0.4 is 0 Å². The van der Waals surface area contributed by atoms with Gasteiger partial charge in [-0.15, -0.1) is 0 Å². The quantitative estimate of drug-likeness (QED) is 0.521. The van der Waals surface area contributed by atoms with Gasteiger partial charge in [0.25, 0.3) is 0 Å². The molecular formula is C23H32F2. The van der Waals surface area contributed by atoms with Crippen LogP contribution >= 0.6 is 0 Å². The second-order valence-corrected chi connectivity index (χ2v) is 8.28. The summed E-state index contributed by atoms with van der Waals surface area (Å²) in [5.74, 6) is 1.95. The van der Waals surface area contributed by atoms with Crippen LogP contribution in [0, 0.1) is 35.3 Å². The van der Waals surface area contributed by atoms with Crippen LogP contribution in [0.4, 0.5) is 8.78 Å². The first-order chi connectivity index (χ1) is 12.2. The Balaban J connectivity index is 1.44. The van der Waals surface area contributed by atoms with Crippen molar-refractivity contribution in [3.8, 4) is 0 Å². The average Bonchev–Trinajstić information content (AvgIpc) is 2.64. The monoisotopic (exact) mass is 346 g/mol. The van der Waals surface area contributed by atoms with Crippen molar-refractivity contribution in [3.63, 3.8) is 0 Å². The van der Waals surface area contributed by atoms with Gasteiger partial charge in [0.05, 0.1) is 0 Å². The van der Waals surface area contributed by atoms with Crippen molar-refractivity contribution in [1.29, 1.82) is 0 Å². The molecule has 2 aliphatic rings. The highest BCUT2D eigenvalue weighted by molar-refractivity contribution is 5.49. The smallest absolute Gasteiger partial charge is 0.159 e. The minimum absolute atomic E-state index is 0.598. The Morgan fingerprint density at radius 1 is 0.880 bits per heavy atom. The molecule has 0 aromatic heterocycles. The van der Waals surface area contributed by atoms with Crippen LogP contribution in [0.3, 0.4) is 0 Å². The Bertz CT molecular complexity index is 561. The first-order valence-corrected chi connectivity index (χ1v) is 10.3. The van der Waals surface area contributed by atoms with E-state index in [4.69, 9.17) is 0 Å². The van der Waals surface area contributed by atoms with Gasteiger partial charge in [-0.1, -0.05) is 50.8 Å². The Morgan fingerprint density at radius 3 is 2.12 bits per heavy atom. The van der Waals surface area contributed by atoms with Crippen molar-refractivity contribution in [2.45, 2.75) is 71.1 Å². The van der Waals surface area contributed by atoms with Crippen LogP contribution in [0.15, 0.2) is 24.3 Å². The van der Waals surface area contributed by atoms with Gasteiger partial charge in [0, 0.05) is 0 Å². The Kier molecular flexibility index (Phi) is 6.67. The number of allylic oxidation sites excluding steroid dienone is 1. The standard InChI is InChI=1S/C23H32F2/c1-2-3-17-6-11-20(12-7-17)21-13-8-18(9-14-21)4-5-19-10-15-22(24)23(25)16-19/h4-5,10,15-18,20-21H,2-3,6-9,11-14H2,1H3/t17-,18?,20-,21?. The molecule has 1 aromatic rings. The minimum atomic E-state index is -0.772. The highest BCUT2D eigenvalue weighted by atomic mass is 19.2. The van der Waals surface area contributed by atoms with Crippen LogP contribution in [-0.4, -0.2) is 0 Å². The molecule has 0 radical (unpaired) electrons. The van der Waals surface area contributed by atoms with Crippen LogP contribution in [0.25, 0.3) is 6.08 Å². The van der Waals surface area contributed by atoms with E-state index in [0.717, 1.165) is 23.3 Å². The lowest BCUT2D eigenvalue weighted by Crippen LogP contribution is -2.25. The minimum Gasteiger partial charge on any atom is -0.204 e. The van der Waals surface area contributed by atoms with Gasteiger partial charge in [-0.2, -0.15) is 0 Å². The predicted molar refractivity (Wildman–Crippen MR) is 101 cm³/mol. The molecule has 3 rings (SSSR count). The van der Waals surface area contributed by atoms with Crippen molar-refractivity contribution < 1.29 is 8.78 Å². The third-order valence-electron chi connectivity index (χ3n) is 6.58. The summed E-state index contributed by atoms with van der Waals surface area (Å²) >= 11 is 0. The summed E-state index contributed by atoms with van der Waals surface area (Å²) < 4.78 is 26.3. The molecule has 0 N–H and O–H groups in total. The maximum atomic E-state index is 13.3. The molecule has 2 aliphatic carbocycles. The van der Waals surface area contributed by atoms with Gasteiger partial charge in [0.1, 0.15) is 0 Å². The Morgan fingerprint density at radius 2 is 1.52 bits per heavy atom. The van der Waals surface area contributed by atoms with Gasteiger partial charge in [-0.25, -0.2) is 8.78 Å². The Hall–Kier alpha value is -1.18. The molecule has 0 heterocycles. The van der Waals surface area contributed by atoms with Crippen molar-refractivity contribution >= 4 is 6.08 Å². The molecule has 2 saturated carbocycles. The molecule has 25 heavy (non-hydrogen) atoms. The van der Waals surface area contributed by atoms with E-state index in [0.29, 0.717) is 5.92 Å². The number of hydrogen-bond acceptors (Lipinski definition) is 0. The van der Waals surface area contributed by atoms with Gasteiger partial charge < -0.3 is 0 Å². The maximum absolute atomic E-state index is 13.3. The zero-order valence-electron chi connectivity index (χ0n) is 15.5. The first-order valence-electron chi connectivity index (χ1n) is 10.3. The highest BCUT2D eigenvalue weighted by Crippen LogP contribution is 2.42. The van der Waals surface area contributed by atoms with E-state index >= 15 is 0 Å². The van der Waals surface area contributed by atoms with E-state index in [1.807, 2.05) is 6.08 Å². The van der Waals surface area contributed by atoms with Gasteiger partial charge >= 0.3 is 0 Å². The lowest BCUT2D eigenvalue weighted by Gasteiger charge is -2.37. The number of rotatable bonds is 5. The second-order valence-electron chi connectivity index (χ2n) is 8.28. The summed E-state index contributed by atoms with van der Waals surface area (Å²) in [5, 5.41) is 0. The topological polar surface area (TPSA) is 0 Å². The maximum Gasteiger partial charge on any atom is 0.159 e. The van der Waals surface area contributed by atoms with E-state index in [1.165, 1.54) is 76.3 Å². The Labute approximate surface area is 151 Å². The number of halogens is 2. The summed E-state index contributed by atoms with van der Waals surface area (Å²) in [6.45, 7) is 2.31. The zero-order chi connectivity index (χ0) is 17.6. The second kappa shape index (κ2) is 8.96. The molecule has 0 nitrogen and oxygen atoms in total. The molecule has 0 unspecified atom stereocenters. The summed E-state index contributed by atoms with van der Waals surface area (Å²) in [6, 6.07) is 4.14. The fourth-order valence-corrected chi connectivity index (χ4v) is 5.03. The normalized spacial score (nSPS) is 30.7. The molecular weight excluding hydrogens is 314 g/mol. The van der Waals surface area contributed by atoms with Crippen LogP contribution in [0.5, 0.6) is 0 Å². The van der Waals surface area contributed by atoms with Crippen molar-refractivity contribution in [2.75, 3.05) is 0 Å². The summed E-state index contributed by atoms with van der Waals surface area (Å²) in [7, 11) is 0. The molecule has 0 saturated heterocycles. The predicted octanol–water partition coefficient (Wildman–Crippen LogP) is 7.39. The molecule has 138 valence electrons. The van der Waals surface area contributed by atoms with Gasteiger partial charge in [0.15, 0.2) is 11.6 Å². The average molecular weight is 347 g/mol. The van der Waals surface area contributed by atoms with Crippen LogP contribution in [0.2, 0.25) is 0 Å². The summed E-state index contributed by atoms with van der Waals surface area (Å²) in [6.07, 6.45) is 17.9. The third-order valence-corrected chi connectivity index (χ3v) is 6.58. The van der Waals surface area contributed by atoms with E-state index in [2.05, 4.69) is 13.0 Å². The van der Waals surface area contributed by atoms with E-state index in [-0.39, 0.29) is 0 Å². The van der Waals surface area contributed by atoms with E-state index in [1.54, 1.807) is 6.07 Å². The van der Waals surface area contributed by atoms with Crippen molar-refractivity contribution in [3.05, 3.63) is 41.5 Å². The molecule has 0 amide bonds. The molecule has 0 atom stereocenters. The molecule has 0 spiro atoms. The largest absolute Gasteiger partial charge is 0.204 e. The SMILES string of the molecule is CCC[C@H]1CC[C@H](C2CCC(C=Cc3ccc(F)c(F)c3)CC2)CC1. The van der Waals surface area contributed by atoms with Crippen molar-refractivity contribution in [2.24, 2.45) is 23.7 Å². The van der Waals surface area contributed by atoms with Crippen LogP contribution in [-0.2, 0) is 0 Å². The van der Waals surface area contributed by atoms with E-state index < -0.39 is 11.6 Å². The summed E-state index contributed by atoms with van der Waals surface area (Å²) in [4.78, 5) is 0. The van der Waals surface area contributed by atoms with Crippen LogP contribution in [0.1, 0.15) is 76.7 Å². The van der Waals surface area contributed by atoms with Gasteiger partial charge in [0.2, 0.25) is 0 Å². The summed E-state index contributed by atoms with van der Waals surface area (Å²) in [5.41, 5.74) is 0.760. The third kappa shape index (κ3) is 5.15. The van der Waals surface area contributed by atoms with Gasteiger partial charge in [-0.3, -0.25) is 0 Å². The highest BCUT2D eigenvalue weighted by Gasteiger charge is 2.29. The number of hydrogen-bond donors (Lipinski definition) is 0. The van der Waals surface area contributed by atoms with Gasteiger partial charge in [-0.05, 0) is 79.9 Å². The fourth-order valence-electron chi connectivity index (χ4n) is 5.03. The van der Waals surface area contributed by atoms with E-state index in [9.17, 15) is 8.78 Å². The number of benzene rings is 1. The molecule has 1 aromatic carbocycles. The zero-order valence-corrected chi connectivity index (χ0v) is 15.5. The first kappa shape index (κ1) is 18.6. The molecule has 0 bridgehead atoms. The van der Waals surface area contributed by atoms with Crippen molar-refractivity contribution in [1.82, 2.24) is 0 Å². The lowest BCUT2D eigenvalue weighted by atomic mass is 9.68. The fraction of sp³-hybridized carbons (Fsp3) is 0.652.